The summed E-state index contributed by atoms with van der Waals surface area (Å²) in [4.78, 5) is 2.32. The maximum absolute atomic E-state index is 5.12. The van der Waals surface area contributed by atoms with E-state index >= 15 is 0 Å². The molecule has 0 spiro atoms. The molecule has 1 N–H and O–H groups in total. The Labute approximate surface area is 95.3 Å². The van der Waals surface area contributed by atoms with Crippen LogP contribution in [0.15, 0.2) is 0 Å². The SMILES string of the molecule is CC1CC(C)CN(c2n[nH]c(=S)n2C)C1. The summed E-state index contributed by atoms with van der Waals surface area (Å²) in [5, 5.41) is 7.12. The summed E-state index contributed by atoms with van der Waals surface area (Å²) < 4.78 is 2.64. The molecule has 1 saturated heterocycles. The van der Waals surface area contributed by atoms with Gasteiger partial charge in [0.15, 0.2) is 4.77 Å². The average molecular weight is 226 g/mol. The van der Waals surface area contributed by atoms with Gasteiger partial charge in [-0.3, -0.25) is 4.57 Å². The third-order valence-electron chi connectivity index (χ3n) is 3.01. The molecule has 0 radical (unpaired) electrons. The summed E-state index contributed by atoms with van der Waals surface area (Å²) >= 11 is 5.12. The normalized spacial score (nSPS) is 27.0. The maximum atomic E-state index is 5.12. The van der Waals surface area contributed by atoms with Crippen LogP contribution in [0.2, 0.25) is 0 Å². The first kappa shape index (κ1) is 10.7. The second-order valence-electron chi connectivity index (χ2n) is 4.74. The van der Waals surface area contributed by atoms with E-state index in [0.717, 1.165) is 30.9 Å². The lowest BCUT2D eigenvalue weighted by atomic mass is 9.92. The summed E-state index contributed by atoms with van der Waals surface area (Å²) in [6.07, 6.45) is 1.31. The monoisotopic (exact) mass is 226 g/mol. The first-order valence-electron chi connectivity index (χ1n) is 5.44. The number of aromatic amines is 1. The Balaban J connectivity index is 2.23. The molecule has 2 unspecified atom stereocenters. The fraction of sp³-hybridized carbons (Fsp3) is 0.800. The molecule has 0 saturated carbocycles. The number of aromatic nitrogens is 3. The van der Waals surface area contributed by atoms with Gasteiger partial charge in [0.1, 0.15) is 0 Å². The molecule has 0 aliphatic carbocycles. The van der Waals surface area contributed by atoms with Crippen LogP contribution >= 0.6 is 12.2 Å². The largest absolute Gasteiger partial charge is 0.340 e. The van der Waals surface area contributed by atoms with Gasteiger partial charge < -0.3 is 4.90 Å². The Hall–Kier alpha value is -0.840. The number of rotatable bonds is 1. The van der Waals surface area contributed by atoms with E-state index in [4.69, 9.17) is 12.2 Å². The summed E-state index contributed by atoms with van der Waals surface area (Å²) in [7, 11) is 1.96. The molecule has 0 aromatic carbocycles. The third kappa shape index (κ3) is 2.07. The third-order valence-corrected chi connectivity index (χ3v) is 3.37. The van der Waals surface area contributed by atoms with Gasteiger partial charge in [-0.05, 0) is 30.5 Å². The fourth-order valence-electron chi connectivity index (χ4n) is 2.45. The minimum atomic E-state index is 0.691. The van der Waals surface area contributed by atoms with E-state index in [1.54, 1.807) is 0 Å². The summed E-state index contributed by atoms with van der Waals surface area (Å²) in [6.45, 7) is 6.75. The predicted octanol–water partition coefficient (Wildman–Crippen LogP) is 1.96. The van der Waals surface area contributed by atoms with Crippen LogP contribution in [0.3, 0.4) is 0 Å². The van der Waals surface area contributed by atoms with Crippen molar-refractivity contribution in [3.63, 3.8) is 0 Å². The first-order chi connectivity index (χ1) is 7.08. The molecule has 1 aromatic heterocycles. The van der Waals surface area contributed by atoms with Crippen molar-refractivity contribution in [2.75, 3.05) is 18.0 Å². The van der Waals surface area contributed by atoms with Gasteiger partial charge in [0.05, 0.1) is 0 Å². The Morgan fingerprint density at radius 1 is 1.33 bits per heavy atom. The van der Waals surface area contributed by atoms with Gasteiger partial charge in [-0.15, -0.1) is 5.10 Å². The second-order valence-corrected chi connectivity index (χ2v) is 5.13. The van der Waals surface area contributed by atoms with Crippen LogP contribution in [0.25, 0.3) is 0 Å². The van der Waals surface area contributed by atoms with Crippen molar-refractivity contribution in [3.8, 4) is 0 Å². The molecule has 15 heavy (non-hydrogen) atoms. The molecule has 1 fully saturated rings. The highest BCUT2D eigenvalue weighted by Gasteiger charge is 2.24. The molecule has 0 amide bonds. The number of H-pyrrole nitrogens is 1. The molecule has 2 rings (SSSR count). The smallest absolute Gasteiger partial charge is 0.225 e. The topological polar surface area (TPSA) is 36.9 Å². The molecule has 84 valence electrons. The first-order valence-corrected chi connectivity index (χ1v) is 5.85. The molecule has 4 nitrogen and oxygen atoms in total. The Morgan fingerprint density at radius 2 is 1.93 bits per heavy atom. The van der Waals surface area contributed by atoms with Gasteiger partial charge in [0.25, 0.3) is 0 Å². The van der Waals surface area contributed by atoms with E-state index in [1.807, 2.05) is 11.6 Å². The fourth-order valence-corrected chi connectivity index (χ4v) is 2.58. The molecule has 2 heterocycles. The van der Waals surface area contributed by atoms with Crippen molar-refractivity contribution in [2.24, 2.45) is 18.9 Å². The summed E-state index contributed by atoms with van der Waals surface area (Å²) in [5.74, 6) is 2.44. The average Bonchev–Trinajstić information content (AvgIpc) is 2.46. The molecular weight excluding hydrogens is 208 g/mol. The summed E-state index contributed by atoms with van der Waals surface area (Å²) in [5.41, 5.74) is 0. The van der Waals surface area contributed by atoms with Gasteiger partial charge in [-0.2, -0.15) is 0 Å². The molecule has 0 bridgehead atoms. The zero-order valence-corrected chi connectivity index (χ0v) is 10.3. The van der Waals surface area contributed by atoms with Crippen LogP contribution < -0.4 is 4.90 Å². The lowest BCUT2D eigenvalue weighted by Gasteiger charge is -2.35. The Kier molecular flexibility index (Phi) is 2.82. The van der Waals surface area contributed by atoms with Crippen LogP contribution in [0, 0.1) is 16.6 Å². The number of nitrogens with one attached hydrogen (secondary N) is 1. The van der Waals surface area contributed by atoms with Crippen molar-refractivity contribution < 1.29 is 0 Å². The van der Waals surface area contributed by atoms with E-state index in [9.17, 15) is 0 Å². The minimum absolute atomic E-state index is 0.691. The number of nitrogens with zero attached hydrogens (tertiary/aromatic N) is 3. The quantitative estimate of drug-likeness (QED) is 0.744. The van der Waals surface area contributed by atoms with Crippen molar-refractivity contribution in [1.82, 2.24) is 14.8 Å². The number of hydrogen-bond donors (Lipinski definition) is 1. The zero-order chi connectivity index (χ0) is 11.0. The number of piperidine rings is 1. The minimum Gasteiger partial charge on any atom is -0.340 e. The van der Waals surface area contributed by atoms with Gasteiger partial charge in [0.2, 0.25) is 5.95 Å². The highest BCUT2D eigenvalue weighted by molar-refractivity contribution is 7.71. The van der Waals surface area contributed by atoms with Crippen molar-refractivity contribution in [1.29, 1.82) is 0 Å². The lowest BCUT2D eigenvalue weighted by molar-refractivity contribution is 0.352. The van der Waals surface area contributed by atoms with Gasteiger partial charge in [0, 0.05) is 20.1 Å². The molecular formula is C10H18N4S. The van der Waals surface area contributed by atoms with Crippen LogP contribution in [0.5, 0.6) is 0 Å². The van der Waals surface area contributed by atoms with Crippen molar-refractivity contribution >= 4 is 18.2 Å². The highest BCUT2D eigenvalue weighted by atomic mass is 32.1. The van der Waals surface area contributed by atoms with E-state index < -0.39 is 0 Å². The van der Waals surface area contributed by atoms with Crippen LogP contribution in [-0.2, 0) is 7.05 Å². The Bertz CT molecular complexity index is 384. The molecule has 1 aliphatic rings. The molecule has 1 aliphatic heterocycles. The molecule has 2 atom stereocenters. The van der Waals surface area contributed by atoms with Crippen LogP contribution in [0.1, 0.15) is 20.3 Å². The van der Waals surface area contributed by atoms with E-state index in [2.05, 4.69) is 28.9 Å². The van der Waals surface area contributed by atoms with E-state index in [1.165, 1.54) is 6.42 Å². The highest BCUT2D eigenvalue weighted by Crippen LogP contribution is 2.24. The maximum Gasteiger partial charge on any atom is 0.225 e. The molecule has 5 heteroatoms. The van der Waals surface area contributed by atoms with Crippen molar-refractivity contribution in [2.45, 2.75) is 20.3 Å². The van der Waals surface area contributed by atoms with Gasteiger partial charge in [-0.1, -0.05) is 13.8 Å². The van der Waals surface area contributed by atoms with Crippen LogP contribution in [0.4, 0.5) is 5.95 Å². The van der Waals surface area contributed by atoms with Crippen LogP contribution in [-0.4, -0.2) is 27.9 Å². The molecule has 1 aromatic rings. The zero-order valence-electron chi connectivity index (χ0n) is 9.53. The standard InChI is InChI=1S/C10H18N4S/c1-7-4-8(2)6-14(5-7)9-11-12-10(15)13(9)3/h7-8H,4-6H2,1-3H3,(H,12,15). The van der Waals surface area contributed by atoms with Gasteiger partial charge >= 0.3 is 0 Å². The number of anilines is 1. The second kappa shape index (κ2) is 3.96. The van der Waals surface area contributed by atoms with Gasteiger partial charge in [-0.25, -0.2) is 5.10 Å². The predicted molar refractivity (Wildman–Crippen MR) is 63.6 cm³/mol. The summed E-state index contributed by atoms with van der Waals surface area (Å²) in [6, 6.07) is 0. The number of hydrogen-bond acceptors (Lipinski definition) is 3. The Morgan fingerprint density at radius 3 is 2.40 bits per heavy atom. The van der Waals surface area contributed by atoms with E-state index in [-0.39, 0.29) is 0 Å². The lowest BCUT2D eigenvalue weighted by Crippen LogP contribution is -2.40. The van der Waals surface area contributed by atoms with E-state index in [0.29, 0.717) is 4.77 Å². The van der Waals surface area contributed by atoms with Crippen molar-refractivity contribution in [3.05, 3.63) is 4.77 Å².